The van der Waals surface area contributed by atoms with Gasteiger partial charge in [-0.3, -0.25) is 4.79 Å². The van der Waals surface area contributed by atoms with Crippen molar-refractivity contribution >= 4 is 5.91 Å². The van der Waals surface area contributed by atoms with Gasteiger partial charge < -0.3 is 10.2 Å². The van der Waals surface area contributed by atoms with Gasteiger partial charge in [-0.25, -0.2) is 0 Å². The number of hydrogen-bond acceptors (Lipinski definition) is 2. The summed E-state index contributed by atoms with van der Waals surface area (Å²) in [6.45, 7) is 0. The maximum atomic E-state index is 13.2. The number of likely N-dealkylation sites (N-methyl/N-ethyl adjacent to an activating group) is 1. The average Bonchev–Trinajstić information content (AvgIpc) is 3.02. The van der Waals surface area contributed by atoms with E-state index < -0.39 is 0 Å². The van der Waals surface area contributed by atoms with Gasteiger partial charge in [-0.2, -0.15) is 0 Å². The predicted molar refractivity (Wildman–Crippen MR) is 83.9 cm³/mol. The lowest BCUT2D eigenvalue weighted by Crippen LogP contribution is -2.53. The fourth-order valence-corrected chi connectivity index (χ4v) is 6.02. The normalized spacial score (nSPS) is 46.5. The fourth-order valence-electron chi connectivity index (χ4n) is 6.02. The quantitative estimate of drug-likeness (QED) is 0.848. The van der Waals surface area contributed by atoms with E-state index >= 15 is 0 Å². The highest BCUT2D eigenvalue weighted by atomic mass is 16.2. The lowest BCUT2D eigenvalue weighted by atomic mass is 9.88. The number of nitrogens with one attached hydrogen (secondary N) is 1. The molecule has 118 valence electrons. The molecule has 2 bridgehead atoms. The molecule has 21 heavy (non-hydrogen) atoms. The smallest absolute Gasteiger partial charge is 0.240 e. The van der Waals surface area contributed by atoms with Crippen molar-refractivity contribution in [2.75, 3.05) is 7.05 Å². The summed E-state index contributed by atoms with van der Waals surface area (Å²) in [5, 5.41) is 3.30. The van der Waals surface area contributed by atoms with Gasteiger partial charge in [-0.15, -0.1) is 0 Å². The van der Waals surface area contributed by atoms with Crippen LogP contribution in [0.3, 0.4) is 0 Å². The first kappa shape index (κ1) is 14.0. The first-order valence-corrected chi connectivity index (χ1v) is 9.27. The molecule has 1 aliphatic heterocycles. The van der Waals surface area contributed by atoms with Crippen molar-refractivity contribution in [3.63, 3.8) is 0 Å². The molecule has 4 rings (SSSR count). The Morgan fingerprint density at radius 2 is 1.71 bits per heavy atom. The van der Waals surface area contributed by atoms with Gasteiger partial charge in [0.2, 0.25) is 5.91 Å². The van der Waals surface area contributed by atoms with Gasteiger partial charge in [0.15, 0.2) is 0 Å². The number of amides is 1. The molecule has 1 heterocycles. The largest absolute Gasteiger partial charge is 0.335 e. The van der Waals surface area contributed by atoms with E-state index in [0.29, 0.717) is 18.0 Å². The van der Waals surface area contributed by atoms with E-state index in [-0.39, 0.29) is 6.04 Å². The van der Waals surface area contributed by atoms with Crippen molar-refractivity contribution in [1.82, 2.24) is 10.2 Å². The van der Waals surface area contributed by atoms with Crippen molar-refractivity contribution in [3.05, 3.63) is 0 Å². The van der Waals surface area contributed by atoms with Crippen LogP contribution in [0.5, 0.6) is 0 Å². The number of carbonyl (C=O) groups excluding carboxylic acids is 1. The summed E-state index contributed by atoms with van der Waals surface area (Å²) in [7, 11) is 1.97. The van der Waals surface area contributed by atoms with Gasteiger partial charge in [0.05, 0.1) is 6.04 Å². The van der Waals surface area contributed by atoms with Crippen LogP contribution in [-0.2, 0) is 4.79 Å². The third kappa shape index (κ3) is 2.32. The summed E-state index contributed by atoms with van der Waals surface area (Å²) in [4.78, 5) is 15.6. The Morgan fingerprint density at radius 3 is 2.52 bits per heavy atom. The van der Waals surface area contributed by atoms with Gasteiger partial charge in [0, 0.05) is 12.1 Å². The van der Waals surface area contributed by atoms with E-state index in [2.05, 4.69) is 10.2 Å². The second kappa shape index (κ2) is 5.57. The Morgan fingerprint density at radius 1 is 0.905 bits per heavy atom. The van der Waals surface area contributed by atoms with Crippen molar-refractivity contribution in [2.24, 2.45) is 17.8 Å². The van der Waals surface area contributed by atoms with Crippen LogP contribution in [0.4, 0.5) is 0 Å². The molecule has 1 amide bonds. The molecule has 4 fully saturated rings. The van der Waals surface area contributed by atoms with Crippen molar-refractivity contribution in [1.29, 1.82) is 0 Å². The molecule has 1 saturated heterocycles. The van der Waals surface area contributed by atoms with E-state index in [9.17, 15) is 4.79 Å². The molecule has 0 aromatic heterocycles. The lowest BCUT2D eigenvalue weighted by molar-refractivity contribution is -0.139. The summed E-state index contributed by atoms with van der Waals surface area (Å²) in [5.41, 5.74) is 0. The first-order valence-electron chi connectivity index (χ1n) is 9.27. The zero-order chi connectivity index (χ0) is 14.4. The Labute approximate surface area is 128 Å². The zero-order valence-corrected chi connectivity index (χ0v) is 13.4. The van der Waals surface area contributed by atoms with Crippen LogP contribution in [0, 0.1) is 17.8 Å². The van der Waals surface area contributed by atoms with Crippen molar-refractivity contribution < 1.29 is 4.79 Å². The van der Waals surface area contributed by atoms with Crippen LogP contribution in [0.1, 0.15) is 64.2 Å². The molecule has 3 heteroatoms. The number of fused-ring (bicyclic) bond motifs is 3. The highest BCUT2D eigenvalue weighted by Gasteiger charge is 2.48. The molecular weight excluding hydrogens is 260 g/mol. The molecule has 1 N–H and O–H groups in total. The second-order valence-electron chi connectivity index (χ2n) is 8.02. The minimum atomic E-state index is 0.0797. The highest BCUT2D eigenvalue weighted by Crippen LogP contribution is 2.48. The van der Waals surface area contributed by atoms with Crippen molar-refractivity contribution in [3.8, 4) is 0 Å². The number of likely N-dealkylation sites (tertiary alicyclic amines) is 1. The molecule has 6 unspecified atom stereocenters. The maximum absolute atomic E-state index is 13.2. The van der Waals surface area contributed by atoms with Gasteiger partial charge in [-0.1, -0.05) is 19.3 Å². The average molecular weight is 290 g/mol. The molecule has 3 aliphatic carbocycles. The molecule has 0 spiro atoms. The minimum absolute atomic E-state index is 0.0797. The molecule has 0 aromatic carbocycles. The van der Waals surface area contributed by atoms with Gasteiger partial charge in [0.25, 0.3) is 0 Å². The monoisotopic (exact) mass is 290 g/mol. The van der Waals surface area contributed by atoms with Gasteiger partial charge >= 0.3 is 0 Å². The lowest BCUT2D eigenvalue weighted by Gasteiger charge is -2.40. The summed E-state index contributed by atoms with van der Waals surface area (Å²) < 4.78 is 0. The topological polar surface area (TPSA) is 32.3 Å². The van der Waals surface area contributed by atoms with Gasteiger partial charge in [0.1, 0.15) is 0 Å². The minimum Gasteiger partial charge on any atom is -0.335 e. The molecular formula is C18H30N2O. The maximum Gasteiger partial charge on any atom is 0.240 e. The van der Waals surface area contributed by atoms with Crippen LogP contribution in [0.15, 0.2) is 0 Å². The standard InChI is InChI=1S/C18H30N2O/c1-19-15-9-8-13-5-3-7-16(13)20(18(15)21)17-11-12-4-2-6-14(17)10-12/h12-17,19H,2-11H2,1H3. The van der Waals surface area contributed by atoms with Crippen LogP contribution < -0.4 is 5.32 Å². The molecule has 0 radical (unpaired) electrons. The highest BCUT2D eigenvalue weighted by molar-refractivity contribution is 5.83. The van der Waals surface area contributed by atoms with Crippen molar-refractivity contribution in [2.45, 2.75) is 82.3 Å². The van der Waals surface area contributed by atoms with Crippen LogP contribution >= 0.6 is 0 Å². The second-order valence-corrected chi connectivity index (χ2v) is 8.02. The Kier molecular flexibility index (Phi) is 3.72. The van der Waals surface area contributed by atoms with Crippen LogP contribution in [0.2, 0.25) is 0 Å². The summed E-state index contributed by atoms with van der Waals surface area (Å²) in [6.07, 6.45) is 13.1. The number of nitrogens with zero attached hydrogens (tertiary/aromatic N) is 1. The third-order valence-corrected chi connectivity index (χ3v) is 7.00. The van der Waals surface area contributed by atoms with E-state index in [1.54, 1.807) is 0 Å². The molecule has 0 aromatic rings. The Hall–Kier alpha value is -0.570. The molecule has 6 atom stereocenters. The molecule has 4 aliphatic rings. The Bertz CT molecular complexity index is 410. The Balaban J connectivity index is 1.63. The SMILES string of the molecule is CNC1CCC2CCCC2N(C2CC3CCCC2C3)C1=O. The van der Waals surface area contributed by atoms with E-state index in [1.807, 2.05) is 7.05 Å². The first-order chi connectivity index (χ1) is 10.3. The molecule has 3 nitrogen and oxygen atoms in total. The number of carbonyl (C=O) groups is 1. The summed E-state index contributed by atoms with van der Waals surface area (Å²) in [5.74, 6) is 2.94. The predicted octanol–water partition coefficient (Wildman–Crippen LogP) is 2.94. The fraction of sp³-hybridized carbons (Fsp3) is 0.944. The van der Waals surface area contributed by atoms with E-state index in [4.69, 9.17) is 0 Å². The summed E-state index contributed by atoms with van der Waals surface area (Å²) in [6, 6.07) is 1.22. The van der Waals surface area contributed by atoms with E-state index in [1.165, 1.54) is 57.8 Å². The number of rotatable bonds is 2. The third-order valence-electron chi connectivity index (χ3n) is 7.00. The zero-order valence-electron chi connectivity index (χ0n) is 13.4. The molecule has 3 saturated carbocycles. The van der Waals surface area contributed by atoms with Crippen LogP contribution in [0.25, 0.3) is 0 Å². The summed E-state index contributed by atoms with van der Waals surface area (Å²) >= 11 is 0. The van der Waals surface area contributed by atoms with Gasteiger partial charge in [-0.05, 0) is 69.7 Å². The number of hydrogen-bond donors (Lipinski definition) is 1. The van der Waals surface area contributed by atoms with E-state index in [0.717, 1.165) is 24.2 Å². The van der Waals surface area contributed by atoms with Crippen LogP contribution in [-0.4, -0.2) is 36.0 Å².